The third-order valence-corrected chi connectivity index (χ3v) is 4.95. The molecule has 1 heterocycles. The third-order valence-electron chi connectivity index (χ3n) is 4.95. The van der Waals surface area contributed by atoms with Crippen LogP contribution in [-0.4, -0.2) is 48.8 Å². The monoisotopic (exact) mass is 408 g/mol. The molecule has 0 saturated carbocycles. The van der Waals surface area contributed by atoms with Gasteiger partial charge in [-0.15, -0.1) is 0 Å². The molecule has 7 heteroatoms. The molecule has 7 nitrogen and oxygen atoms in total. The second-order valence-electron chi connectivity index (χ2n) is 7.28. The van der Waals surface area contributed by atoms with Crippen molar-refractivity contribution in [3.63, 3.8) is 0 Å². The molecule has 1 fully saturated rings. The summed E-state index contributed by atoms with van der Waals surface area (Å²) in [7, 11) is 0. The Morgan fingerprint density at radius 2 is 1.57 bits per heavy atom. The number of rotatable bonds is 7. The maximum Gasteiger partial charge on any atom is 0.253 e. The number of piperidine rings is 1. The summed E-state index contributed by atoms with van der Waals surface area (Å²) in [5, 5.41) is 8.57. The zero-order valence-corrected chi connectivity index (χ0v) is 17.2. The van der Waals surface area contributed by atoms with E-state index in [2.05, 4.69) is 16.0 Å². The fourth-order valence-corrected chi connectivity index (χ4v) is 3.43. The number of carbonyl (C=O) groups excluding carboxylic acids is 3. The van der Waals surface area contributed by atoms with Gasteiger partial charge in [0.2, 0.25) is 5.91 Å². The van der Waals surface area contributed by atoms with Crippen molar-refractivity contribution < 1.29 is 14.4 Å². The van der Waals surface area contributed by atoms with Crippen LogP contribution in [0.5, 0.6) is 0 Å². The van der Waals surface area contributed by atoms with Gasteiger partial charge in [0.1, 0.15) is 0 Å². The molecule has 1 aliphatic heterocycles. The van der Waals surface area contributed by atoms with Crippen LogP contribution in [0.25, 0.3) is 0 Å². The lowest BCUT2D eigenvalue weighted by atomic mass is 10.1. The van der Waals surface area contributed by atoms with Gasteiger partial charge in [0, 0.05) is 42.1 Å². The van der Waals surface area contributed by atoms with Crippen LogP contribution in [-0.2, 0) is 4.79 Å². The second kappa shape index (κ2) is 10.4. The maximum absolute atomic E-state index is 12.7. The van der Waals surface area contributed by atoms with E-state index in [0.717, 1.165) is 25.9 Å². The minimum absolute atomic E-state index is 0.0324. The quantitative estimate of drug-likeness (QED) is 0.657. The molecular weight excluding hydrogens is 380 g/mol. The van der Waals surface area contributed by atoms with Gasteiger partial charge in [-0.2, -0.15) is 0 Å². The van der Waals surface area contributed by atoms with Crippen LogP contribution in [0, 0.1) is 0 Å². The Morgan fingerprint density at radius 3 is 2.30 bits per heavy atom. The predicted molar refractivity (Wildman–Crippen MR) is 118 cm³/mol. The SMILES string of the molecule is CCNC(=O)c1cccc(NC(=O)CNc2cccc(C(=O)N3CCCCC3)c2)c1. The Morgan fingerprint density at radius 1 is 0.900 bits per heavy atom. The molecule has 0 aliphatic carbocycles. The Balaban J connectivity index is 1.55. The average Bonchev–Trinajstić information content (AvgIpc) is 2.78. The topological polar surface area (TPSA) is 90.5 Å². The van der Waals surface area contributed by atoms with Gasteiger partial charge in [0.05, 0.1) is 6.54 Å². The maximum atomic E-state index is 12.7. The van der Waals surface area contributed by atoms with Crippen molar-refractivity contribution in [3.8, 4) is 0 Å². The fraction of sp³-hybridized carbons (Fsp3) is 0.348. The van der Waals surface area contributed by atoms with Crippen molar-refractivity contribution in [2.24, 2.45) is 0 Å². The number of hydrogen-bond donors (Lipinski definition) is 3. The second-order valence-corrected chi connectivity index (χ2v) is 7.28. The lowest BCUT2D eigenvalue weighted by Crippen LogP contribution is -2.35. The number of amides is 3. The lowest BCUT2D eigenvalue weighted by Gasteiger charge is -2.26. The van der Waals surface area contributed by atoms with E-state index >= 15 is 0 Å². The summed E-state index contributed by atoms with van der Waals surface area (Å²) in [5.41, 5.74) is 2.38. The normalized spacial score (nSPS) is 13.4. The number of hydrogen-bond acceptors (Lipinski definition) is 4. The van der Waals surface area contributed by atoms with E-state index < -0.39 is 0 Å². The Hall–Kier alpha value is -3.35. The lowest BCUT2D eigenvalue weighted by molar-refractivity contribution is -0.114. The summed E-state index contributed by atoms with van der Waals surface area (Å²) in [6.07, 6.45) is 3.27. The van der Waals surface area contributed by atoms with Gasteiger partial charge in [-0.05, 0) is 62.6 Å². The first-order chi connectivity index (χ1) is 14.6. The van der Waals surface area contributed by atoms with Crippen LogP contribution >= 0.6 is 0 Å². The molecule has 2 aromatic rings. The number of likely N-dealkylation sites (tertiary alicyclic amines) is 1. The van der Waals surface area contributed by atoms with Crippen LogP contribution in [0.1, 0.15) is 46.9 Å². The first-order valence-corrected chi connectivity index (χ1v) is 10.4. The van der Waals surface area contributed by atoms with Crippen molar-refractivity contribution in [3.05, 3.63) is 59.7 Å². The average molecular weight is 409 g/mol. The highest BCUT2D eigenvalue weighted by Crippen LogP contribution is 2.16. The summed E-state index contributed by atoms with van der Waals surface area (Å²) < 4.78 is 0. The molecule has 0 bridgehead atoms. The molecule has 1 aliphatic rings. The van der Waals surface area contributed by atoms with E-state index in [1.54, 1.807) is 36.4 Å². The van der Waals surface area contributed by atoms with E-state index in [0.29, 0.717) is 29.0 Å². The van der Waals surface area contributed by atoms with Gasteiger partial charge >= 0.3 is 0 Å². The standard InChI is InChI=1S/C23H28N4O3/c1-2-24-22(29)17-8-6-11-20(14-17)26-21(28)16-25-19-10-7-9-18(15-19)23(30)27-12-4-3-5-13-27/h6-11,14-15,25H,2-5,12-13,16H2,1H3,(H,24,29)(H,26,28). The highest BCUT2D eigenvalue weighted by Gasteiger charge is 2.18. The van der Waals surface area contributed by atoms with Gasteiger partial charge in [0.25, 0.3) is 11.8 Å². The zero-order valence-electron chi connectivity index (χ0n) is 17.2. The minimum atomic E-state index is -0.240. The number of nitrogens with zero attached hydrogens (tertiary/aromatic N) is 1. The fourth-order valence-electron chi connectivity index (χ4n) is 3.43. The molecule has 3 N–H and O–H groups in total. The summed E-state index contributed by atoms with van der Waals surface area (Å²) in [5.74, 6) is -0.386. The van der Waals surface area contributed by atoms with E-state index in [1.807, 2.05) is 24.0 Å². The molecule has 158 valence electrons. The largest absolute Gasteiger partial charge is 0.376 e. The first kappa shape index (κ1) is 21.4. The van der Waals surface area contributed by atoms with Gasteiger partial charge in [-0.3, -0.25) is 14.4 Å². The molecule has 3 rings (SSSR count). The summed E-state index contributed by atoms with van der Waals surface area (Å²) >= 11 is 0. The van der Waals surface area contributed by atoms with Crippen molar-refractivity contribution in [2.45, 2.75) is 26.2 Å². The summed E-state index contributed by atoms with van der Waals surface area (Å²) in [6.45, 7) is 4.04. The van der Waals surface area contributed by atoms with E-state index in [-0.39, 0.29) is 24.3 Å². The van der Waals surface area contributed by atoms with Crippen LogP contribution in [0.2, 0.25) is 0 Å². The molecule has 30 heavy (non-hydrogen) atoms. The van der Waals surface area contributed by atoms with Crippen LogP contribution in [0.4, 0.5) is 11.4 Å². The van der Waals surface area contributed by atoms with Gasteiger partial charge < -0.3 is 20.9 Å². The van der Waals surface area contributed by atoms with Gasteiger partial charge in [-0.1, -0.05) is 12.1 Å². The number of benzene rings is 2. The van der Waals surface area contributed by atoms with E-state index in [4.69, 9.17) is 0 Å². The highest BCUT2D eigenvalue weighted by molar-refractivity contribution is 5.98. The third kappa shape index (κ3) is 5.83. The molecule has 0 spiro atoms. The summed E-state index contributed by atoms with van der Waals surface area (Å²) in [6, 6.07) is 14.0. The van der Waals surface area contributed by atoms with Crippen LogP contribution < -0.4 is 16.0 Å². The molecule has 0 radical (unpaired) electrons. The van der Waals surface area contributed by atoms with Crippen molar-refractivity contribution in [1.29, 1.82) is 0 Å². The number of nitrogens with one attached hydrogen (secondary N) is 3. The zero-order chi connectivity index (χ0) is 21.3. The number of carbonyl (C=O) groups is 3. The van der Waals surface area contributed by atoms with Crippen molar-refractivity contribution >= 4 is 29.1 Å². The summed E-state index contributed by atoms with van der Waals surface area (Å²) in [4.78, 5) is 38.8. The van der Waals surface area contributed by atoms with E-state index in [1.165, 1.54) is 6.42 Å². The molecule has 0 unspecified atom stereocenters. The molecular formula is C23H28N4O3. The predicted octanol–water partition coefficient (Wildman–Crippen LogP) is 3.11. The molecule has 1 saturated heterocycles. The molecule has 2 aromatic carbocycles. The minimum Gasteiger partial charge on any atom is -0.376 e. The van der Waals surface area contributed by atoms with Crippen LogP contribution in [0.15, 0.2) is 48.5 Å². The molecule has 0 aromatic heterocycles. The van der Waals surface area contributed by atoms with Crippen molar-refractivity contribution in [2.75, 3.05) is 36.8 Å². The Kier molecular flexibility index (Phi) is 7.43. The smallest absolute Gasteiger partial charge is 0.253 e. The molecule has 3 amide bonds. The first-order valence-electron chi connectivity index (χ1n) is 10.4. The van der Waals surface area contributed by atoms with Crippen molar-refractivity contribution in [1.82, 2.24) is 10.2 Å². The molecule has 0 atom stereocenters. The van der Waals surface area contributed by atoms with E-state index in [9.17, 15) is 14.4 Å². The highest BCUT2D eigenvalue weighted by atomic mass is 16.2. The van der Waals surface area contributed by atoms with Gasteiger partial charge in [-0.25, -0.2) is 0 Å². The van der Waals surface area contributed by atoms with Gasteiger partial charge in [0.15, 0.2) is 0 Å². The Labute approximate surface area is 176 Å². The number of anilines is 2. The van der Waals surface area contributed by atoms with Crippen LogP contribution in [0.3, 0.4) is 0 Å². The Bertz CT molecular complexity index is 907.